The Labute approximate surface area is 141 Å². The molecule has 0 saturated heterocycles. The number of nitrogens with two attached hydrogens (primary N) is 1. The molecule has 1 amide bonds. The van der Waals surface area contributed by atoms with E-state index in [-0.39, 0.29) is 11.7 Å². The van der Waals surface area contributed by atoms with Gasteiger partial charge in [-0.2, -0.15) is 0 Å². The predicted octanol–water partition coefficient (Wildman–Crippen LogP) is 2.64. The molecule has 0 aliphatic rings. The number of amides is 1. The van der Waals surface area contributed by atoms with Crippen LogP contribution in [0.3, 0.4) is 0 Å². The number of benzene rings is 2. The third kappa shape index (κ3) is 5.01. The van der Waals surface area contributed by atoms with Gasteiger partial charge in [-0.3, -0.25) is 4.79 Å². The zero-order chi connectivity index (χ0) is 16.8. The van der Waals surface area contributed by atoms with Crippen molar-refractivity contribution in [3.63, 3.8) is 0 Å². The first kappa shape index (κ1) is 17.4. The molecule has 0 aromatic heterocycles. The summed E-state index contributed by atoms with van der Waals surface area (Å²) in [6.07, 6.45) is 2.48. The zero-order valence-electron chi connectivity index (χ0n) is 13.4. The number of hydrogen-bond donors (Lipinski definition) is 2. The Hall–Kier alpha value is -1.98. The van der Waals surface area contributed by atoms with Gasteiger partial charge in [0, 0.05) is 18.5 Å². The van der Waals surface area contributed by atoms with Crippen LogP contribution >= 0.6 is 11.8 Å². The summed E-state index contributed by atoms with van der Waals surface area (Å²) in [5, 5.41) is 9.29. The quantitative estimate of drug-likeness (QED) is 0.799. The molecule has 2 rings (SSSR count). The fraction of sp³-hybridized carbons (Fsp3) is 0.278. The summed E-state index contributed by atoms with van der Waals surface area (Å²) in [4.78, 5) is 15.3. The Morgan fingerprint density at radius 3 is 2.57 bits per heavy atom. The number of likely N-dealkylation sites (N-methyl/N-ethyl adjacent to an activating group) is 1. The van der Waals surface area contributed by atoms with E-state index >= 15 is 0 Å². The van der Waals surface area contributed by atoms with Crippen LogP contribution in [0.4, 0.5) is 0 Å². The maximum atomic E-state index is 12.4. The summed E-state index contributed by atoms with van der Waals surface area (Å²) in [5.41, 5.74) is 8.06. The van der Waals surface area contributed by atoms with Crippen LogP contribution in [-0.2, 0) is 17.8 Å². The normalized spacial score (nSPS) is 12.0. The van der Waals surface area contributed by atoms with Gasteiger partial charge in [-0.1, -0.05) is 24.3 Å². The summed E-state index contributed by atoms with van der Waals surface area (Å²) in [6, 6.07) is 14.3. The second-order valence-corrected chi connectivity index (χ2v) is 6.40. The summed E-state index contributed by atoms with van der Waals surface area (Å²) >= 11 is 1.68. The summed E-state index contributed by atoms with van der Waals surface area (Å²) < 4.78 is 0. The lowest BCUT2D eigenvalue weighted by Gasteiger charge is -2.21. The van der Waals surface area contributed by atoms with E-state index in [1.54, 1.807) is 48.0 Å². The number of phenolic OH excluding ortho intramolecular Hbond substituents is 1. The molecular formula is C18H22N2O2S. The largest absolute Gasteiger partial charge is 0.508 e. The molecule has 0 aliphatic carbocycles. The second-order valence-electron chi connectivity index (χ2n) is 5.52. The minimum atomic E-state index is -0.590. The lowest BCUT2D eigenvalue weighted by atomic mass is 10.1. The molecule has 0 fully saturated rings. The monoisotopic (exact) mass is 330 g/mol. The lowest BCUT2D eigenvalue weighted by molar-refractivity contribution is -0.131. The van der Waals surface area contributed by atoms with E-state index in [0.29, 0.717) is 13.0 Å². The Morgan fingerprint density at radius 1 is 1.22 bits per heavy atom. The molecular weight excluding hydrogens is 308 g/mol. The first-order valence-electron chi connectivity index (χ1n) is 7.41. The lowest BCUT2D eigenvalue weighted by Crippen LogP contribution is -2.42. The van der Waals surface area contributed by atoms with Gasteiger partial charge in [0.1, 0.15) is 5.75 Å². The molecule has 0 saturated carbocycles. The molecule has 2 aromatic carbocycles. The van der Waals surface area contributed by atoms with Crippen LogP contribution < -0.4 is 5.73 Å². The van der Waals surface area contributed by atoms with Crippen LogP contribution in [0.5, 0.6) is 5.75 Å². The van der Waals surface area contributed by atoms with Gasteiger partial charge in [0.2, 0.25) is 5.91 Å². The summed E-state index contributed by atoms with van der Waals surface area (Å²) in [5.74, 6) is 0.118. The highest BCUT2D eigenvalue weighted by Crippen LogP contribution is 2.17. The van der Waals surface area contributed by atoms with Crippen molar-refractivity contribution >= 4 is 17.7 Å². The van der Waals surface area contributed by atoms with E-state index in [1.807, 2.05) is 24.5 Å². The summed E-state index contributed by atoms with van der Waals surface area (Å²) in [7, 11) is 1.77. The van der Waals surface area contributed by atoms with E-state index in [0.717, 1.165) is 11.1 Å². The number of aromatic hydroxyl groups is 1. The number of carbonyl (C=O) groups is 1. The molecule has 0 unspecified atom stereocenters. The van der Waals surface area contributed by atoms with Crippen LogP contribution in [0.2, 0.25) is 0 Å². The molecule has 2 aromatic rings. The number of carbonyl (C=O) groups excluding carboxylic acids is 1. The molecule has 0 spiro atoms. The first-order valence-corrected chi connectivity index (χ1v) is 8.63. The number of phenols is 1. The predicted molar refractivity (Wildman–Crippen MR) is 94.5 cm³/mol. The molecule has 5 heteroatoms. The van der Waals surface area contributed by atoms with E-state index in [4.69, 9.17) is 5.73 Å². The molecule has 122 valence electrons. The van der Waals surface area contributed by atoms with Crippen molar-refractivity contribution in [2.24, 2.45) is 5.73 Å². The Bertz CT molecular complexity index is 658. The van der Waals surface area contributed by atoms with Crippen LogP contribution in [0.15, 0.2) is 53.4 Å². The molecule has 3 N–H and O–H groups in total. The van der Waals surface area contributed by atoms with Crippen molar-refractivity contribution in [3.05, 3.63) is 59.7 Å². The van der Waals surface area contributed by atoms with Gasteiger partial charge in [-0.25, -0.2) is 0 Å². The van der Waals surface area contributed by atoms with Crippen LogP contribution in [-0.4, -0.2) is 35.3 Å². The Kier molecular flexibility index (Phi) is 6.07. The Morgan fingerprint density at radius 2 is 1.91 bits per heavy atom. The van der Waals surface area contributed by atoms with Gasteiger partial charge in [0.15, 0.2) is 0 Å². The van der Waals surface area contributed by atoms with Gasteiger partial charge >= 0.3 is 0 Å². The van der Waals surface area contributed by atoms with Crippen molar-refractivity contribution in [2.75, 3.05) is 13.3 Å². The maximum Gasteiger partial charge on any atom is 0.239 e. The minimum Gasteiger partial charge on any atom is -0.508 e. The van der Waals surface area contributed by atoms with Crippen molar-refractivity contribution in [3.8, 4) is 5.75 Å². The molecule has 4 nitrogen and oxygen atoms in total. The average Bonchev–Trinajstić information content (AvgIpc) is 2.56. The highest BCUT2D eigenvalue weighted by Gasteiger charge is 2.18. The molecule has 1 atom stereocenters. The molecule has 23 heavy (non-hydrogen) atoms. The van der Waals surface area contributed by atoms with Gasteiger partial charge in [0.25, 0.3) is 0 Å². The van der Waals surface area contributed by atoms with E-state index in [1.165, 1.54) is 4.90 Å². The highest BCUT2D eigenvalue weighted by atomic mass is 32.2. The molecule has 0 radical (unpaired) electrons. The Balaban J connectivity index is 1.96. The van der Waals surface area contributed by atoms with Crippen LogP contribution in [0.25, 0.3) is 0 Å². The van der Waals surface area contributed by atoms with Crippen molar-refractivity contribution in [1.82, 2.24) is 4.90 Å². The zero-order valence-corrected chi connectivity index (χ0v) is 14.2. The second kappa shape index (κ2) is 8.04. The fourth-order valence-electron chi connectivity index (χ4n) is 2.38. The SMILES string of the molecule is CSc1cccc(CN(C)C(=O)[C@@H](N)Cc2ccc(O)cc2)c1. The van der Waals surface area contributed by atoms with Gasteiger partial charge in [0.05, 0.1) is 6.04 Å². The minimum absolute atomic E-state index is 0.0902. The standard InChI is InChI=1S/C18H22N2O2S/c1-20(12-14-4-3-5-16(10-14)23-2)18(22)17(19)11-13-6-8-15(21)9-7-13/h3-10,17,21H,11-12,19H2,1-2H3/t17-/m0/s1. The third-order valence-electron chi connectivity index (χ3n) is 3.64. The molecule has 0 bridgehead atoms. The average molecular weight is 330 g/mol. The molecule has 0 aliphatic heterocycles. The van der Waals surface area contributed by atoms with Crippen molar-refractivity contribution in [2.45, 2.75) is 23.9 Å². The number of hydrogen-bond acceptors (Lipinski definition) is 4. The highest BCUT2D eigenvalue weighted by molar-refractivity contribution is 7.98. The smallest absolute Gasteiger partial charge is 0.239 e. The van der Waals surface area contributed by atoms with Crippen molar-refractivity contribution < 1.29 is 9.90 Å². The van der Waals surface area contributed by atoms with E-state index in [9.17, 15) is 9.90 Å². The fourth-order valence-corrected chi connectivity index (χ4v) is 2.86. The number of nitrogens with zero attached hydrogens (tertiary/aromatic N) is 1. The number of rotatable bonds is 6. The van der Waals surface area contributed by atoms with E-state index in [2.05, 4.69) is 6.07 Å². The van der Waals surface area contributed by atoms with Gasteiger partial charge in [-0.15, -0.1) is 11.8 Å². The van der Waals surface area contributed by atoms with E-state index < -0.39 is 6.04 Å². The first-order chi connectivity index (χ1) is 11.0. The van der Waals surface area contributed by atoms with Crippen LogP contribution in [0.1, 0.15) is 11.1 Å². The van der Waals surface area contributed by atoms with Crippen molar-refractivity contribution in [1.29, 1.82) is 0 Å². The van der Waals surface area contributed by atoms with Crippen LogP contribution in [0, 0.1) is 0 Å². The van der Waals surface area contributed by atoms with Gasteiger partial charge < -0.3 is 15.7 Å². The summed E-state index contributed by atoms with van der Waals surface area (Å²) in [6.45, 7) is 0.538. The topological polar surface area (TPSA) is 66.6 Å². The maximum absolute atomic E-state index is 12.4. The molecule has 0 heterocycles. The van der Waals surface area contributed by atoms with Gasteiger partial charge in [-0.05, 0) is 48.1 Å². The number of thioether (sulfide) groups is 1. The third-order valence-corrected chi connectivity index (χ3v) is 4.36.